The molecule has 0 bridgehead atoms. The Labute approximate surface area is 244 Å². The van der Waals surface area contributed by atoms with Crippen LogP contribution in [-0.4, -0.2) is 37.3 Å². The molecule has 0 saturated carbocycles. The molecule has 1 heterocycles. The van der Waals surface area contributed by atoms with Gasteiger partial charge in [-0.1, -0.05) is 26.8 Å². The van der Waals surface area contributed by atoms with Crippen LogP contribution in [0.15, 0.2) is 53.4 Å². The number of ether oxygens (including phenoxy) is 2. The summed E-state index contributed by atoms with van der Waals surface area (Å²) in [6.45, 7) is 8.82. The molecule has 0 fully saturated rings. The smallest absolute Gasteiger partial charge is 0.341 e. The Kier molecular flexibility index (Phi) is 9.58. The molecule has 40 heavy (non-hydrogen) atoms. The zero-order valence-electron chi connectivity index (χ0n) is 23.6. The van der Waals surface area contributed by atoms with E-state index >= 15 is 0 Å². The van der Waals surface area contributed by atoms with Crippen molar-refractivity contribution in [3.05, 3.63) is 70.1 Å². The van der Waals surface area contributed by atoms with E-state index in [9.17, 15) is 14.4 Å². The predicted octanol–water partition coefficient (Wildman–Crippen LogP) is 7.07. The fraction of sp³-hybridized carbons (Fsp3) is 0.387. The molecule has 1 aliphatic rings. The van der Waals surface area contributed by atoms with E-state index in [1.54, 1.807) is 44.4 Å². The second-order valence-electron chi connectivity index (χ2n) is 10.8. The van der Waals surface area contributed by atoms with Gasteiger partial charge in [-0.25, -0.2) is 4.79 Å². The lowest BCUT2D eigenvalue weighted by Gasteiger charge is -2.33. The summed E-state index contributed by atoms with van der Waals surface area (Å²) in [7, 11) is 1.58. The summed E-state index contributed by atoms with van der Waals surface area (Å²) in [6, 6.07) is 14.2. The van der Waals surface area contributed by atoms with Crippen molar-refractivity contribution in [3.63, 3.8) is 0 Å². The molecule has 1 unspecified atom stereocenters. The minimum Gasteiger partial charge on any atom is -0.497 e. The van der Waals surface area contributed by atoms with E-state index in [2.05, 4.69) is 31.4 Å². The highest BCUT2D eigenvalue weighted by atomic mass is 32.2. The maximum atomic E-state index is 13.0. The lowest BCUT2D eigenvalue weighted by Crippen LogP contribution is -2.26. The largest absolute Gasteiger partial charge is 0.497 e. The Bertz CT molecular complexity index is 1380. The van der Waals surface area contributed by atoms with Crippen molar-refractivity contribution in [2.24, 2.45) is 11.3 Å². The molecule has 1 aliphatic carbocycles. The fourth-order valence-corrected chi connectivity index (χ4v) is 6.84. The van der Waals surface area contributed by atoms with Gasteiger partial charge in [0.05, 0.1) is 25.0 Å². The summed E-state index contributed by atoms with van der Waals surface area (Å²) in [5, 5.41) is 6.45. The van der Waals surface area contributed by atoms with Crippen LogP contribution in [-0.2, 0) is 22.4 Å². The van der Waals surface area contributed by atoms with Crippen molar-refractivity contribution >= 4 is 51.6 Å². The quantitative estimate of drug-likeness (QED) is 0.208. The molecule has 2 N–H and O–H groups in total. The minimum absolute atomic E-state index is 0.158. The summed E-state index contributed by atoms with van der Waals surface area (Å²) >= 11 is 2.86. The molecule has 7 nitrogen and oxygen atoms in total. The van der Waals surface area contributed by atoms with Gasteiger partial charge in [0, 0.05) is 21.0 Å². The molecule has 1 atom stereocenters. The fourth-order valence-electron chi connectivity index (χ4n) is 4.75. The number of hydrogen-bond donors (Lipinski definition) is 2. The number of carbonyl (C=O) groups is 3. The zero-order valence-corrected chi connectivity index (χ0v) is 25.2. The van der Waals surface area contributed by atoms with Gasteiger partial charge in [0.2, 0.25) is 5.91 Å². The first kappa shape index (κ1) is 29.7. The van der Waals surface area contributed by atoms with E-state index < -0.39 is 0 Å². The number of hydrogen-bond acceptors (Lipinski definition) is 7. The summed E-state index contributed by atoms with van der Waals surface area (Å²) in [5.74, 6) is 0.548. The molecule has 2 amide bonds. The third-order valence-corrected chi connectivity index (χ3v) is 9.20. The average Bonchev–Trinajstić information content (AvgIpc) is 3.29. The van der Waals surface area contributed by atoms with Crippen LogP contribution in [0, 0.1) is 11.3 Å². The van der Waals surface area contributed by atoms with Crippen molar-refractivity contribution in [1.82, 2.24) is 0 Å². The number of nitrogens with one attached hydrogen (secondary N) is 2. The van der Waals surface area contributed by atoms with Gasteiger partial charge in [-0.2, -0.15) is 0 Å². The second kappa shape index (κ2) is 12.9. The van der Waals surface area contributed by atoms with E-state index in [0.29, 0.717) is 33.5 Å². The summed E-state index contributed by atoms with van der Waals surface area (Å²) in [4.78, 5) is 40.5. The van der Waals surface area contributed by atoms with Crippen molar-refractivity contribution < 1.29 is 23.9 Å². The molecule has 0 aliphatic heterocycles. The highest BCUT2D eigenvalue weighted by Gasteiger charge is 2.34. The predicted molar refractivity (Wildman–Crippen MR) is 162 cm³/mol. The Morgan fingerprint density at radius 1 is 1.07 bits per heavy atom. The normalized spacial score (nSPS) is 14.7. The Balaban J connectivity index is 1.41. The SMILES string of the molecule is CCOC(=O)c1c(NC(=O)CSc2cccc(NC(=O)c3ccc(OC)cc3)c2)sc2c1CCC(C(C)(C)C)C2. The minimum atomic E-state index is -0.377. The lowest BCUT2D eigenvalue weighted by molar-refractivity contribution is -0.113. The van der Waals surface area contributed by atoms with Crippen LogP contribution >= 0.6 is 23.1 Å². The van der Waals surface area contributed by atoms with Gasteiger partial charge in [-0.05, 0) is 85.5 Å². The van der Waals surface area contributed by atoms with Crippen molar-refractivity contribution in [2.75, 3.05) is 30.1 Å². The van der Waals surface area contributed by atoms with Gasteiger partial charge in [0.15, 0.2) is 0 Å². The number of benzene rings is 2. The molecule has 0 radical (unpaired) electrons. The van der Waals surface area contributed by atoms with Crippen LogP contribution in [0.2, 0.25) is 0 Å². The maximum Gasteiger partial charge on any atom is 0.341 e. The number of anilines is 2. The van der Waals surface area contributed by atoms with Crippen molar-refractivity contribution in [2.45, 2.75) is 51.9 Å². The molecule has 0 saturated heterocycles. The molecular weight excluding hydrogens is 544 g/mol. The standard InChI is InChI=1S/C31H36N2O5S2/c1-6-38-30(36)27-24-15-12-20(31(2,3)4)16-25(24)40-29(27)33-26(34)18-39-23-9-7-8-21(17-23)32-28(35)19-10-13-22(37-5)14-11-19/h7-11,13-14,17,20H,6,12,15-16,18H2,1-5H3,(H,32,35)(H,33,34). The first-order chi connectivity index (χ1) is 19.1. The van der Waals surface area contributed by atoms with Gasteiger partial charge in [-0.15, -0.1) is 23.1 Å². The van der Waals surface area contributed by atoms with Crippen LogP contribution in [0.3, 0.4) is 0 Å². The number of rotatable bonds is 9. The lowest BCUT2D eigenvalue weighted by atomic mass is 9.72. The molecule has 212 valence electrons. The highest BCUT2D eigenvalue weighted by molar-refractivity contribution is 8.00. The summed E-state index contributed by atoms with van der Waals surface area (Å²) in [5.41, 5.74) is 2.86. The molecule has 1 aromatic heterocycles. The van der Waals surface area contributed by atoms with E-state index in [1.165, 1.54) is 23.1 Å². The Morgan fingerprint density at radius 2 is 1.82 bits per heavy atom. The number of amides is 2. The van der Waals surface area contributed by atoms with Gasteiger partial charge in [0.25, 0.3) is 5.91 Å². The topological polar surface area (TPSA) is 93.7 Å². The van der Waals surface area contributed by atoms with E-state index in [4.69, 9.17) is 9.47 Å². The number of fused-ring (bicyclic) bond motifs is 1. The number of thioether (sulfide) groups is 1. The van der Waals surface area contributed by atoms with Crippen LogP contribution < -0.4 is 15.4 Å². The van der Waals surface area contributed by atoms with Crippen molar-refractivity contribution in [1.29, 1.82) is 0 Å². The van der Waals surface area contributed by atoms with Gasteiger partial charge < -0.3 is 20.1 Å². The van der Waals surface area contributed by atoms with Crippen LogP contribution in [0.25, 0.3) is 0 Å². The van der Waals surface area contributed by atoms with E-state index in [1.807, 2.05) is 18.2 Å². The summed E-state index contributed by atoms with van der Waals surface area (Å²) < 4.78 is 10.5. The summed E-state index contributed by atoms with van der Waals surface area (Å²) in [6.07, 6.45) is 2.71. The molecule has 3 aromatic rings. The average molecular weight is 581 g/mol. The zero-order chi connectivity index (χ0) is 28.9. The molecule has 2 aromatic carbocycles. The first-order valence-electron chi connectivity index (χ1n) is 13.4. The number of thiophene rings is 1. The maximum absolute atomic E-state index is 13.0. The van der Waals surface area contributed by atoms with Crippen LogP contribution in [0.4, 0.5) is 10.7 Å². The third-order valence-electron chi connectivity index (χ3n) is 7.04. The number of esters is 1. The second-order valence-corrected chi connectivity index (χ2v) is 12.9. The van der Waals surface area contributed by atoms with E-state index in [0.717, 1.165) is 34.6 Å². The number of carbonyl (C=O) groups excluding carboxylic acids is 3. The van der Waals surface area contributed by atoms with E-state index in [-0.39, 0.29) is 35.6 Å². The highest BCUT2D eigenvalue weighted by Crippen LogP contribution is 2.44. The molecule has 0 spiro atoms. The van der Waals surface area contributed by atoms with Gasteiger partial charge in [-0.3, -0.25) is 9.59 Å². The third kappa shape index (κ3) is 7.26. The Morgan fingerprint density at radius 3 is 2.50 bits per heavy atom. The van der Waals surface area contributed by atoms with Crippen LogP contribution in [0.1, 0.15) is 65.3 Å². The number of methoxy groups -OCH3 is 1. The Hall–Kier alpha value is -3.30. The van der Waals surface area contributed by atoms with Gasteiger partial charge in [0.1, 0.15) is 10.8 Å². The first-order valence-corrected chi connectivity index (χ1v) is 15.2. The molecule has 4 rings (SSSR count). The van der Waals surface area contributed by atoms with Crippen molar-refractivity contribution in [3.8, 4) is 5.75 Å². The van der Waals surface area contributed by atoms with Gasteiger partial charge >= 0.3 is 5.97 Å². The van der Waals surface area contributed by atoms with Crippen LogP contribution in [0.5, 0.6) is 5.75 Å². The molecule has 9 heteroatoms. The molecular formula is C31H36N2O5S2. The monoisotopic (exact) mass is 580 g/mol.